The summed E-state index contributed by atoms with van der Waals surface area (Å²) in [5.74, 6) is -0.145. The van der Waals surface area contributed by atoms with Crippen LogP contribution in [0.3, 0.4) is 0 Å². The molecule has 0 unspecified atom stereocenters. The van der Waals surface area contributed by atoms with Gasteiger partial charge in [-0.1, -0.05) is 26.0 Å². The van der Waals surface area contributed by atoms with Crippen LogP contribution in [0.1, 0.15) is 13.8 Å². The number of methoxy groups -OCH3 is 1. The quantitative estimate of drug-likeness (QED) is 0.574. The number of benzene rings is 1. The number of anilines is 1. The first kappa shape index (κ1) is 22.2. The van der Waals surface area contributed by atoms with Gasteiger partial charge < -0.3 is 25.8 Å². The van der Waals surface area contributed by atoms with Gasteiger partial charge in [0.2, 0.25) is 11.8 Å². The van der Waals surface area contributed by atoms with Crippen molar-refractivity contribution >= 4 is 29.9 Å². The summed E-state index contributed by atoms with van der Waals surface area (Å²) in [6, 6.07) is 6.43. The molecule has 0 aliphatic heterocycles. The van der Waals surface area contributed by atoms with Gasteiger partial charge in [0.15, 0.2) is 0 Å². The number of carbonyl (C=O) groups is 2. The lowest BCUT2D eigenvalue weighted by molar-refractivity contribution is -0.125. The van der Waals surface area contributed by atoms with Crippen LogP contribution in [-0.2, 0) is 14.3 Å². The first-order chi connectivity index (χ1) is 11.0. The Morgan fingerprint density at radius 1 is 1.21 bits per heavy atom. The van der Waals surface area contributed by atoms with Crippen molar-refractivity contribution in [2.24, 2.45) is 11.7 Å². The van der Waals surface area contributed by atoms with Crippen LogP contribution in [0.25, 0.3) is 0 Å². The minimum Gasteiger partial charge on any atom is -0.489 e. The summed E-state index contributed by atoms with van der Waals surface area (Å²) in [6.45, 7) is 4.37. The molecule has 1 aromatic rings. The highest BCUT2D eigenvalue weighted by atomic mass is 35.5. The smallest absolute Gasteiger partial charge is 0.243 e. The van der Waals surface area contributed by atoms with Crippen LogP contribution in [0.2, 0.25) is 0 Å². The van der Waals surface area contributed by atoms with Gasteiger partial charge in [0, 0.05) is 7.11 Å². The maximum absolute atomic E-state index is 11.9. The third kappa shape index (κ3) is 7.63. The largest absolute Gasteiger partial charge is 0.489 e. The minimum absolute atomic E-state index is 0. The Morgan fingerprint density at radius 3 is 2.50 bits per heavy atom. The Kier molecular flexibility index (Phi) is 10.8. The van der Waals surface area contributed by atoms with Crippen molar-refractivity contribution in [1.82, 2.24) is 5.32 Å². The van der Waals surface area contributed by atoms with Crippen molar-refractivity contribution in [1.29, 1.82) is 0 Å². The Labute approximate surface area is 148 Å². The van der Waals surface area contributed by atoms with Crippen LogP contribution in [0.4, 0.5) is 5.69 Å². The lowest BCUT2D eigenvalue weighted by Gasteiger charge is -2.16. The molecule has 136 valence electrons. The van der Waals surface area contributed by atoms with E-state index in [1.807, 2.05) is 13.8 Å². The fourth-order valence-electron chi connectivity index (χ4n) is 1.71. The number of hydrogen-bond acceptors (Lipinski definition) is 5. The lowest BCUT2D eigenvalue weighted by Crippen LogP contribution is -2.46. The summed E-state index contributed by atoms with van der Waals surface area (Å²) in [5.41, 5.74) is 6.25. The number of amides is 2. The highest BCUT2D eigenvalue weighted by molar-refractivity contribution is 5.96. The van der Waals surface area contributed by atoms with Gasteiger partial charge in [-0.25, -0.2) is 0 Å². The number of nitrogens with two attached hydrogens (primary N) is 1. The molecule has 0 fully saturated rings. The second-order valence-corrected chi connectivity index (χ2v) is 5.37. The molecule has 0 saturated heterocycles. The standard InChI is InChI=1S/C16H25N3O4.ClH/c1-11(2)15(17)16(21)18-10-14(20)19-12-6-4-5-7-13(12)23-9-8-22-3;/h4-7,11,15H,8-10,17H2,1-3H3,(H,18,21)(H,19,20);1H/t15-;/m0./s1. The van der Waals surface area contributed by atoms with Crippen molar-refractivity contribution in [2.75, 3.05) is 32.2 Å². The number of nitrogens with one attached hydrogen (secondary N) is 2. The van der Waals surface area contributed by atoms with E-state index in [1.54, 1.807) is 31.4 Å². The highest BCUT2D eigenvalue weighted by Gasteiger charge is 2.17. The minimum atomic E-state index is -0.632. The molecule has 0 bridgehead atoms. The van der Waals surface area contributed by atoms with E-state index in [0.29, 0.717) is 24.7 Å². The number of rotatable bonds is 9. The molecule has 0 heterocycles. The fourth-order valence-corrected chi connectivity index (χ4v) is 1.71. The third-order valence-electron chi connectivity index (χ3n) is 3.15. The van der Waals surface area contributed by atoms with Crippen LogP contribution in [0.15, 0.2) is 24.3 Å². The average Bonchev–Trinajstić information content (AvgIpc) is 2.53. The van der Waals surface area contributed by atoms with E-state index in [0.717, 1.165) is 0 Å². The second kappa shape index (κ2) is 11.7. The van der Waals surface area contributed by atoms with Crippen LogP contribution in [0.5, 0.6) is 5.75 Å². The number of hydrogen-bond donors (Lipinski definition) is 3. The second-order valence-electron chi connectivity index (χ2n) is 5.37. The number of carbonyl (C=O) groups excluding carboxylic acids is 2. The zero-order valence-electron chi connectivity index (χ0n) is 14.2. The molecule has 4 N–H and O–H groups in total. The summed E-state index contributed by atoms with van der Waals surface area (Å²) < 4.78 is 10.4. The van der Waals surface area contributed by atoms with Crippen LogP contribution < -0.4 is 21.1 Å². The predicted octanol–water partition coefficient (Wildman–Crippen LogP) is 1.17. The molecule has 1 aromatic carbocycles. The molecule has 7 nitrogen and oxygen atoms in total. The molecule has 0 spiro atoms. The van der Waals surface area contributed by atoms with Crippen LogP contribution in [-0.4, -0.2) is 44.7 Å². The molecule has 0 aromatic heterocycles. The molecule has 8 heteroatoms. The number of halogens is 1. The van der Waals surface area contributed by atoms with Crippen LogP contribution in [0, 0.1) is 5.92 Å². The monoisotopic (exact) mass is 359 g/mol. The Bertz CT molecular complexity index is 526. The van der Waals surface area contributed by atoms with Crippen molar-refractivity contribution in [3.8, 4) is 5.75 Å². The molecule has 0 aliphatic carbocycles. The van der Waals surface area contributed by atoms with Gasteiger partial charge in [0.05, 0.1) is 24.9 Å². The molecular weight excluding hydrogens is 334 g/mol. The molecule has 0 aliphatic rings. The normalized spacial score (nSPS) is 11.4. The van der Waals surface area contributed by atoms with Gasteiger partial charge in [-0.3, -0.25) is 9.59 Å². The zero-order valence-corrected chi connectivity index (χ0v) is 15.0. The van der Waals surface area contributed by atoms with E-state index in [1.165, 1.54) is 0 Å². The Balaban J connectivity index is 0.00000529. The first-order valence-corrected chi connectivity index (χ1v) is 7.49. The third-order valence-corrected chi connectivity index (χ3v) is 3.15. The Hall–Kier alpha value is -1.83. The van der Waals surface area contributed by atoms with Gasteiger partial charge in [-0.15, -0.1) is 12.4 Å². The maximum atomic E-state index is 11.9. The van der Waals surface area contributed by atoms with E-state index >= 15 is 0 Å². The number of ether oxygens (including phenoxy) is 2. The first-order valence-electron chi connectivity index (χ1n) is 7.49. The number of para-hydroxylation sites is 2. The predicted molar refractivity (Wildman–Crippen MR) is 95.5 cm³/mol. The van der Waals surface area contributed by atoms with E-state index in [-0.39, 0.29) is 36.7 Å². The summed E-state index contributed by atoms with van der Waals surface area (Å²) in [5, 5.41) is 5.22. The molecule has 0 saturated carbocycles. The molecule has 0 radical (unpaired) electrons. The van der Waals surface area contributed by atoms with Crippen molar-refractivity contribution in [3.05, 3.63) is 24.3 Å². The Morgan fingerprint density at radius 2 is 1.88 bits per heavy atom. The van der Waals surface area contributed by atoms with Gasteiger partial charge in [0.25, 0.3) is 0 Å². The van der Waals surface area contributed by atoms with Gasteiger partial charge in [0.1, 0.15) is 12.4 Å². The summed E-state index contributed by atoms with van der Waals surface area (Å²) in [7, 11) is 1.58. The van der Waals surface area contributed by atoms with E-state index in [2.05, 4.69) is 10.6 Å². The summed E-state index contributed by atoms with van der Waals surface area (Å²) in [6.07, 6.45) is 0. The van der Waals surface area contributed by atoms with Crippen molar-refractivity contribution < 1.29 is 19.1 Å². The maximum Gasteiger partial charge on any atom is 0.243 e. The topological polar surface area (TPSA) is 103 Å². The van der Waals surface area contributed by atoms with Crippen LogP contribution >= 0.6 is 12.4 Å². The average molecular weight is 360 g/mol. The lowest BCUT2D eigenvalue weighted by atomic mass is 10.1. The summed E-state index contributed by atoms with van der Waals surface area (Å²) in [4.78, 5) is 23.7. The molecule has 24 heavy (non-hydrogen) atoms. The van der Waals surface area contributed by atoms with Gasteiger partial charge >= 0.3 is 0 Å². The van der Waals surface area contributed by atoms with Crippen molar-refractivity contribution in [2.45, 2.75) is 19.9 Å². The van der Waals surface area contributed by atoms with Gasteiger partial charge in [-0.05, 0) is 18.1 Å². The van der Waals surface area contributed by atoms with Gasteiger partial charge in [-0.2, -0.15) is 0 Å². The van der Waals surface area contributed by atoms with E-state index in [4.69, 9.17) is 15.2 Å². The zero-order chi connectivity index (χ0) is 17.2. The molecule has 2 amide bonds. The molecule has 1 atom stereocenters. The van der Waals surface area contributed by atoms with E-state index in [9.17, 15) is 9.59 Å². The van der Waals surface area contributed by atoms with E-state index < -0.39 is 6.04 Å². The fraction of sp³-hybridized carbons (Fsp3) is 0.500. The highest BCUT2D eigenvalue weighted by Crippen LogP contribution is 2.23. The molecule has 1 rings (SSSR count). The van der Waals surface area contributed by atoms with Crippen molar-refractivity contribution in [3.63, 3.8) is 0 Å². The summed E-state index contributed by atoms with van der Waals surface area (Å²) >= 11 is 0. The molecular formula is C16H26ClN3O4. The SMILES string of the molecule is COCCOc1ccccc1NC(=O)CNC(=O)[C@@H](N)C(C)C.Cl.